The van der Waals surface area contributed by atoms with Gasteiger partial charge < -0.3 is 25.2 Å². The predicted molar refractivity (Wildman–Crippen MR) is 80.6 cm³/mol. The van der Waals surface area contributed by atoms with Gasteiger partial charge in [-0.3, -0.25) is 13.8 Å². The van der Waals surface area contributed by atoms with Crippen LogP contribution in [0.1, 0.15) is 23.0 Å². The van der Waals surface area contributed by atoms with E-state index in [9.17, 15) is 19.6 Å². The fourth-order valence-electron chi connectivity index (χ4n) is 2.53. The second-order valence-corrected chi connectivity index (χ2v) is 7.21. The van der Waals surface area contributed by atoms with E-state index in [1.165, 1.54) is 23.4 Å². The summed E-state index contributed by atoms with van der Waals surface area (Å²) in [6, 6.07) is 3.07. The number of rotatable bonds is 5. The van der Waals surface area contributed by atoms with Gasteiger partial charge in [0.1, 0.15) is 17.8 Å². The van der Waals surface area contributed by atoms with E-state index in [1.807, 2.05) is 0 Å². The molecule has 1 aromatic heterocycles. The number of nitrogens with zero attached hydrogens (tertiary/aromatic N) is 1. The van der Waals surface area contributed by atoms with Crippen molar-refractivity contribution in [2.75, 3.05) is 13.2 Å². The summed E-state index contributed by atoms with van der Waals surface area (Å²) < 4.78 is 34.1. The van der Waals surface area contributed by atoms with E-state index in [4.69, 9.17) is 24.0 Å². The second-order valence-electron chi connectivity index (χ2n) is 5.59. The fourth-order valence-corrected chi connectivity index (χ4v) is 3.67. The largest absolute Gasteiger partial charge is 0.464 e. The zero-order valence-corrected chi connectivity index (χ0v) is 15.9. The molecule has 2 saturated heterocycles. The third-order valence-corrected chi connectivity index (χ3v) is 5.19. The van der Waals surface area contributed by atoms with Gasteiger partial charge in [0.2, 0.25) is 0 Å². The normalized spacial score (nSPS) is 34.2. The molecule has 10 nitrogen and oxygen atoms in total. The second kappa shape index (κ2) is 8.92. The minimum absolute atomic E-state index is 0. The van der Waals surface area contributed by atoms with Crippen LogP contribution in [0.2, 0.25) is 0 Å². The Morgan fingerprint density at radius 3 is 2.88 bits per heavy atom. The average Bonchev–Trinajstić information content (AvgIpc) is 2.89. The van der Waals surface area contributed by atoms with Gasteiger partial charge in [-0.2, -0.15) is 11.2 Å². The van der Waals surface area contributed by atoms with Crippen LogP contribution in [-0.4, -0.2) is 47.6 Å². The topological polar surface area (TPSA) is 141 Å². The van der Waals surface area contributed by atoms with Crippen LogP contribution in [-0.2, 0) is 41.4 Å². The molecule has 3 rings (SSSR count). The summed E-state index contributed by atoms with van der Waals surface area (Å²) in [7, 11) is -3.72. The molecular formula is C14H19N2O8PV. The van der Waals surface area contributed by atoms with E-state index in [0.29, 0.717) is 6.42 Å². The van der Waals surface area contributed by atoms with Crippen molar-refractivity contribution in [3.05, 3.63) is 36.7 Å². The van der Waals surface area contributed by atoms with Crippen molar-refractivity contribution >= 4 is 13.7 Å². The van der Waals surface area contributed by atoms with Gasteiger partial charge in [0.25, 0.3) is 12.1 Å². The number of nitrogens with two attached hydrogens (primary N) is 1. The van der Waals surface area contributed by atoms with Crippen LogP contribution in [0.25, 0.3) is 0 Å². The van der Waals surface area contributed by atoms with Crippen LogP contribution >= 0.6 is 7.82 Å². The maximum atomic E-state index is 12.1. The SMILES string of the molecule is NC(=O)c1ccc[n+]([C@@H]2O[C@H](COP3(=O)O[CH-]CCO3)C(O)[C@@H]2O)c1.[V]. The molecule has 2 fully saturated rings. The zero-order valence-electron chi connectivity index (χ0n) is 13.6. The van der Waals surface area contributed by atoms with Crippen LogP contribution in [0.5, 0.6) is 0 Å². The van der Waals surface area contributed by atoms with Crippen LogP contribution in [0.4, 0.5) is 0 Å². The fraction of sp³-hybridized carbons (Fsp3) is 0.500. The number of pyridine rings is 1. The Kier molecular flexibility index (Phi) is 7.38. The Morgan fingerprint density at radius 1 is 1.46 bits per heavy atom. The summed E-state index contributed by atoms with van der Waals surface area (Å²) in [6.07, 6.45) is -1.08. The number of hydrogen-bond donors (Lipinski definition) is 3. The summed E-state index contributed by atoms with van der Waals surface area (Å²) in [5, 5.41) is 20.3. The Hall–Kier alpha value is -0.806. The molecule has 1 aromatic rings. The van der Waals surface area contributed by atoms with E-state index < -0.39 is 38.3 Å². The Morgan fingerprint density at radius 2 is 2.23 bits per heavy atom. The summed E-state index contributed by atoms with van der Waals surface area (Å²) in [5.74, 6) is -0.636. The maximum Gasteiger partial charge on any atom is 0.444 e. The summed E-state index contributed by atoms with van der Waals surface area (Å²) >= 11 is 0. The Labute approximate surface area is 161 Å². The first kappa shape index (κ1) is 21.5. The molecule has 0 bridgehead atoms. The quantitative estimate of drug-likeness (QED) is 0.323. The summed E-state index contributed by atoms with van der Waals surface area (Å²) in [6.45, 7) is 1.22. The number of carbonyl (C=O) groups is 1. The number of ether oxygens (including phenoxy) is 1. The molecule has 2 unspecified atom stereocenters. The van der Waals surface area contributed by atoms with Crippen LogP contribution in [0.3, 0.4) is 0 Å². The first-order valence-corrected chi connectivity index (χ1v) is 9.07. The number of aromatic nitrogens is 1. The third-order valence-electron chi connectivity index (χ3n) is 3.82. The number of hydrogen-bond acceptors (Lipinski definition) is 8. The molecule has 1 radical (unpaired) electrons. The molecule has 0 spiro atoms. The van der Waals surface area contributed by atoms with Crippen LogP contribution in [0, 0.1) is 6.61 Å². The summed E-state index contributed by atoms with van der Waals surface area (Å²) in [4.78, 5) is 11.3. The molecule has 0 saturated carbocycles. The zero-order chi connectivity index (χ0) is 18.0. The molecule has 1 amide bonds. The maximum absolute atomic E-state index is 12.1. The van der Waals surface area contributed by atoms with E-state index in [2.05, 4.69) is 0 Å². The van der Waals surface area contributed by atoms with Crippen molar-refractivity contribution in [1.29, 1.82) is 0 Å². The molecule has 0 aromatic carbocycles. The number of amides is 1. The van der Waals surface area contributed by atoms with Gasteiger partial charge in [0, 0.05) is 31.2 Å². The molecule has 3 heterocycles. The molecule has 0 aliphatic carbocycles. The Balaban J connectivity index is 0.00000243. The van der Waals surface area contributed by atoms with Crippen molar-refractivity contribution in [2.45, 2.75) is 31.0 Å². The van der Waals surface area contributed by atoms with Gasteiger partial charge in [0.05, 0.1) is 6.61 Å². The van der Waals surface area contributed by atoms with Crippen molar-refractivity contribution in [3.8, 4) is 0 Å². The van der Waals surface area contributed by atoms with Gasteiger partial charge >= 0.3 is 7.82 Å². The van der Waals surface area contributed by atoms with E-state index in [1.54, 1.807) is 12.3 Å². The van der Waals surface area contributed by atoms with Crippen molar-refractivity contribution < 1.29 is 61.0 Å². The van der Waals surface area contributed by atoms with E-state index >= 15 is 0 Å². The number of carbonyl (C=O) groups excluding carboxylic acids is 1. The molecule has 143 valence electrons. The molecule has 26 heavy (non-hydrogen) atoms. The number of phosphoric acid groups is 1. The van der Waals surface area contributed by atoms with Gasteiger partial charge in [-0.1, -0.05) is 0 Å². The standard InChI is InChI=1S/C14H19N2O8P.V/c15-13(19)9-3-1-4-16(7-9)14-12(18)11(17)10(24-14)8-23-25(20)21-5-2-6-22-25;/h1,3-5,7,10-12,14,17-18H,2,6,8H2,(H2,15,19);/t10-,11?,12+,14-,25?;/m1./s1. The molecule has 12 heteroatoms. The van der Waals surface area contributed by atoms with Gasteiger partial charge in [-0.05, 0) is 6.07 Å². The van der Waals surface area contributed by atoms with Gasteiger partial charge in [-0.25, -0.2) is 4.57 Å². The molecule has 2 aliphatic heterocycles. The molecule has 5 atom stereocenters. The minimum atomic E-state index is -3.72. The number of aliphatic hydroxyl groups is 2. The smallest absolute Gasteiger partial charge is 0.444 e. The van der Waals surface area contributed by atoms with E-state index in [-0.39, 0.29) is 37.3 Å². The van der Waals surface area contributed by atoms with E-state index in [0.717, 1.165) is 0 Å². The molecule has 2 aliphatic rings. The molecular weight excluding hydrogens is 406 g/mol. The monoisotopic (exact) mass is 425 g/mol. The summed E-state index contributed by atoms with van der Waals surface area (Å²) in [5.41, 5.74) is 5.45. The van der Waals surface area contributed by atoms with Crippen molar-refractivity contribution in [3.63, 3.8) is 0 Å². The average molecular weight is 425 g/mol. The number of primary amides is 1. The van der Waals surface area contributed by atoms with Gasteiger partial charge in [0.15, 0.2) is 18.5 Å². The number of phosphoric ester groups is 1. The van der Waals surface area contributed by atoms with Crippen LogP contribution in [0.15, 0.2) is 24.5 Å². The molecule has 4 N–H and O–H groups in total. The Bertz CT molecular complexity index is 683. The third kappa shape index (κ3) is 4.72. The first-order chi connectivity index (χ1) is 11.9. The van der Waals surface area contributed by atoms with Crippen molar-refractivity contribution in [2.24, 2.45) is 5.73 Å². The minimum Gasteiger partial charge on any atom is -0.464 e. The van der Waals surface area contributed by atoms with Crippen molar-refractivity contribution in [1.82, 2.24) is 0 Å². The van der Waals surface area contributed by atoms with Crippen LogP contribution < -0.4 is 10.3 Å². The predicted octanol–water partition coefficient (Wildman–Crippen LogP) is -0.587. The number of aliphatic hydroxyl groups excluding tert-OH is 2. The first-order valence-electron chi connectivity index (χ1n) is 7.61. The van der Waals surface area contributed by atoms with Gasteiger partial charge in [-0.15, -0.1) is 6.42 Å².